The van der Waals surface area contributed by atoms with E-state index in [2.05, 4.69) is 23.5 Å². The van der Waals surface area contributed by atoms with E-state index in [9.17, 15) is 4.79 Å². The first kappa shape index (κ1) is 22.1. The molecule has 0 saturated carbocycles. The summed E-state index contributed by atoms with van der Waals surface area (Å²) in [5.74, 6) is 0.825. The summed E-state index contributed by atoms with van der Waals surface area (Å²) < 4.78 is 22.3. The molecule has 2 aromatic carbocycles. The van der Waals surface area contributed by atoms with Crippen LogP contribution in [0.5, 0.6) is 5.75 Å². The number of alkyl carbamates (subject to hydrolysis) is 1. The Morgan fingerprint density at radius 2 is 1.73 bits per heavy atom. The summed E-state index contributed by atoms with van der Waals surface area (Å²) in [4.78, 5) is 11.6. The quantitative estimate of drug-likeness (QED) is 0.611. The smallest absolute Gasteiger partial charge is 0.407 e. The van der Waals surface area contributed by atoms with Gasteiger partial charge in [0.25, 0.3) is 0 Å². The monoisotopic (exact) mass is 413 g/mol. The second-order valence-electron chi connectivity index (χ2n) is 8.21. The minimum absolute atomic E-state index is 0.279. The number of hydrogen-bond acceptors (Lipinski definition) is 5. The van der Waals surface area contributed by atoms with Gasteiger partial charge >= 0.3 is 6.09 Å². The van der Waals surface area contributed by atoms with Crippen molar-refractivity contribution in [2.75, 3.05) is 26.4 Å². The molecule has 1 amide bonds. The van der Waals surface area contributed by atoms with Crippen molar-refractivity contribution in [1.82, 2.24) is 5.32 Å². The van der Waals surface area contributed by atoms with Crippen molar-refractivity contribution in [3.8, 4) is 16.9 Å². The third kappa shape index (κ3) is 7.04. The van der Waals surface area contributed by atoms with E-state index in [4.69, 9.17) is 18.9 Å². The molecule has 30 heavy (non-hydrogen) atoms. The van der Waals surface area contributed by atoms with Crippen molar-refractivity contribution in [2.24, 2.45) is 0 Å². The van der Waals surface area contributed by atoms with Gasteiger partial charge in [0.1, 0.15) is 11.4 Å². The molecule has 1 saturated heterocycles. The van der Waals surface area contributed by atoms with Crippen molar-refractivity contribution in [2.45, 2.75) is 45.5 Å². The van der Waals surface area contributed by atoms with Crippen LogP contribution in [-0.2, 0) is 14.2 Å². The van der Waals surface area contributed by atoms with E-state index in [-0.39, 0.29) is 12.4 Å². The second kappa shape index (κ2) is 10.5. The highest BCUT2D eigenvalue weighted by molar-refractivity contribution is 5.67. The van der Waals surface area contributed by atoms with Crippen LogP contribution in [0.1, 0.15) is 45.5 Å². The highest BCUT2D eigenvalue weighted by Crippen LogP contribution is 2.29. The standard InChI is InChI=1S/C24H31NO5/c1-24(2,3)30-23(26)25-12-4-5-13-27-21-11-7-9-19(17-21)18-8-6-10-20(16-18)22-28-14-15-29-22/h6-11,16-17,22H,4-5,12-15H2,1-3H3,(H,25,26). The molecule has 0 radical (unpaired) electrons. The molecule has 3 rings (SSSR count). The first-order valence-corrected chi connectivity index (χ1v) is 10.4. The van der Waals surface area contributed by atoms with Gasteiger partial charge in [0.15, 0.2) is 6.29 Å². The number of rotatable bonds is 8. The molecule has 2 aromatic rings. The number of benzene rings is 2. The molecule has 0 atom stereocenters. The van der Waals surface area contributed by atoms with Crippen molar-refractivity contribution in [3.05, 3.63) is 54.1 Å². The van der Waals surface area contributed by atoms with Gasteiger partial charge in [-0.3, -0.25) is 0 Å². The first-order valence-electron chi connectivity index (χ1n) is 10.4. The zero-order valence-corrected chi connectivity index (χ0v) is 18.0. The van der Waals surface area contributed by atoms with Crippen molar-refractivity contribution >= 4 is 6.09 Å². The largest absolute Gasteiger partial charge is 0.494 e. The highest BCUT2D eigenvalue weighted by atomic mass is 16.7. The summed E-state index contributed by atoms with van der Waals surface area (Å²) in [7, 11) is 0. The molecule has 6 heteroatoms. The Labute approximate surface area is 178 Å². The Bertz CT molecular complexity index is 824. The zero-order chi connectivity index (χ0) is 21.4. The van der Waals surface area contributed by atoms with Crippen LogP contribution in [0.15, 0.2) is 48.5 Å². The number of nitrogens with one attached hydrogen (secondary N) is 1. The van der Waals surface area contributed by atoms with Crippen LogP contribution in [-0.4, -0.2) is 38.1 Å². The molecule has 0 bridgehead atoms. The van der Waals surface area contributed by atoms with Gasteiger partial charge in [-0.15, -0.1) is 0 Å². The number of amides is 1. The zero-order valence-electron chi connectivity index (χ0n) is 18.0. The lowest BCUT2D eigenvalue weighted by molar-refractivity contribution is -0.0440. The van der Waals surface area contributed by atoms with E-state index in [1.165, 1.54) is 0 Å². The third-order valence-electron chi connectivity index (χ3n) is 4.46. The predicted octanol–water partition coefficient (Wildman–Crippen LogP) is 5.08. The molecule has 0 spiro atoms. The molecule has 162 valence electrons. The lowest BCUT2D eigenvalue weighted by Gasteiger charge is -2.19. The van der Waals surface area contributed by atoms with E-state index in [0.717, 1.165) is 35.3 Å². The number of ether oxygens (including phenoxy) is 4. The Balaban J connectivity index is 1.45. The number of carbonyl (C=O) groups is 1. The summed E-state index contributed by atoms with van der Waals surface area (Å²) in [6.07, 6.45) is 0.999. The fourth-order valence-electron chi connectivity index (χ4n) is 3.10. The van der Waals surface area contributed by atoms with Gasteiger partial charge in [0.05, 0.1) is 19.8 Å². The topological polar surface area (TPSA) is 66.0 Å². The van der Waals surface area contributed by atoms with E-state index in [1.54, 1.807) is 0 Å². The molecule has 1 heterocycles. The van der Waals surface area contributed by atoms with Crippen LogP contribution in [0, 0.1) is 0 Å². The van der Waals surface area contributed by atoms with Crippen molar-refractivity contribution in [3.63, 3.8) is 0 Å². The second-order valence-corrected chi connectivity index (χ2v) is 8.21. The molecule has 1 fully saturated rings. The van der Waals surface area contributed by atoms with Crippen LogP contribution in [0.4, 0.5) is 4.79 Å². The maximum atomic E-state index is 11.6. The van der Waals surface area contributed by atoms with Gasteiger partial charge in [-0.1, -0.05) is 30.3 Å². The van der Waals surface area contributed by atoms with E-state index in [0.29, 0.717) is 26.4 Å². The molecule has 1 N–H and O–H groups in total. The average molecular weight is 414 g/mol. The summed E-state index contributed by atoms with van der Waals surface area (Å²) in [6.45, 7) is 7.96. The molecule has 1 aliphatic rings. The summed E-state index contributed by atoms with van der Waals surface area (Å²) >= 11 is 0. The van der Waals surface area contributed by atoms with Crippen LogP contribution in [0.25, 0.3) is 11.1 Å². The predicted molar refractivity (Wildman–Crippen MR) is 115 cm³/mol. The van der Waals surface area contributed by atoms with Crippen molar-refractivity contribution < 1.29 is 23.7 Å². The van der Waals surface area contributed by atoms with Crippen LogP contribution < -0.4 is 10.1 Å². The normalized spacial score (nSPS) is 14.5. The fourth-order valence-corrected chi connectivity index (χ4v) is 3.10. The molecular weight excluding hydrogens is 382 g/mol. The van der Waals surface area contributed by atoms with E-state index >= 15 is 0 Å². The Hall–Kier alpha value is -2.57. The summed E-state index contributed by atoms with van der Waals surface area (Å²) in [6, 6.07) is 16.2. The molecule has 0 unspecified atom stereocenters. The summed E-state index contributed by atoms with van der Waals surface area (Å²) in [5, 5.41) is 2.76. The lowest BCUT2D eigenvalue weighted by atomic mass is 10.0. The molecule has 0 aromatic heterocycles. The van der Waals surface area contributed by atoms with Crippen molar-refractivity contribution in [1.29, 1.82) is 0 Å². The SMILES string of the molecule is CC(C)(C)OC(=O)NCCCCOc1cccc(-c2cccc(C3OCCO3)c2)c1. The molecule has 6 nitrogen and oxygen atoms in total. The Morgan fingerprint density at radius 1 is 1.03 bits per heavy atom. The first-order chi connectivity index (χ1) is 14.4. The van der Waals surface area contributed by atoms with Gasteiger partial charge in [0.2, 0.25) is 0 Å². The number of carbonyl (C=O) groups excluding carboxylic acids is 1. The van der Waals surface area contributed by atoms with Gasteiger partial charge in [-0.25, -0.2) is 4.79 Å². The Morgan fingerprint density at radius 3 is 2.47 bits per heavy atom. The van der Waals surface area contributed by atoms with Gasteiger partial charge in [-0.2, -0.15) is 0 Å². The van der Waals surface area contributed by atoms with Crippen LogP contribution in [0.2, 0.25) is 0 Å². The fraction of sp³-hybridized carbons (Fsp3) is 0.458. The van der Waals surface area contributed by atoms with Gasteiger partial charge < -0.3 is 24.3 Å². The highest BCUT2D eigenvalue weighted by Gasteiger charge is 2.18. The Kier molecular flexibility index (Phi) is 7.71. The maximum absolute atomic E-state index is 11.6. The lowest BCUT2D eigenvalue weighted by Crippen LogP contribution is -2.33. The molecule has 0 aliphatic carbocycles. The number of hydrogen-bond donors (Lipinski definition) is 1. The minimum Gasteiger partial charge on any atom is -0.494 e. The van der Waals surface area contributed by atoms with Crippen LogP contribution >= 0.6 is 0 Å². The average Bonchev–Trinajstić information content (AvgIpc) is 3.24. The molecule has 1 aliphatic heterocycles. The van der Waals surface area contributed by atoms with E-state index < -0.39 is 5.60 Å². The minimum atomic E-state index is -0.477. The number of unbranched alkanes of at least 4 members (excludes halogenated alkanes) is 1. The summed E-state index contributed by atoms with van der Waals surface area (Å²) in [5.41, 5.74) is 2.72. The van der Waals surface area contributed by atoms with E-state index in [1.807, 2.05) is 51.1 Å². The third-order valence-corrected chi connectivity index (χ3v) is 4.46. The maximum Gasteiger partial charge on any atom is 0.407 e. The molecular formula is C24H31NO5. The van der Waals surface area contributed by atoms with Gasteiger partial charge in [-0.05, 0) is 62.9 Å². The van der Waals surface area contributed by atoms with Gasteiger partial charge in [0, 0.05) is 12.1 Å². The van der Waals surface area contributed by atoms with Crippen LogP contribution in [0.3, 0.4) is 0 Å².